The highest BCUT2D eigenvalue weighted by molar-refractivity contribution is 7.99. The van der Waals surface area contributed by atoms with Gasteiger partial charge in [0.1, 0.15) is 0 Å². The lowest BCUT2D eigenvalue weighted by Crippen LogP contribution is -2.19. The minimum absolute atomic E-state index is 0.130. The minimum Gasteiger partial charge on any atom is -0.336 e. The molecule has 2 aromatic rings. The second kappa shape index (κ2) is 8.24. The first-order valence-corrected chi connectivity index (χ1v) is 8.59. The third-order valence-electron chi connectivity index (χ3n) is 3.33. The van der Waals surface area contributed by atoms with Crippen molar-refractivity contribution < 1.29 is 18.0 Å². The smallest absolute Gasteiger partial charge is 0.336 e. The average Bonchev–Trinajstić information content (AvgIpc) is 2.90. The highest BCUT2D eigenvalue weighted by Gasteiger charge is 2.33. The van der Waals surface area contributed by atoms with Crippen molar-refractivity contribution in [1.82, 2.24) is 14.9 Å². The molecule has 10 heteroatoms. The van der Waals surface area contributed by atoms with Gasteiger partial charge in [-0.25, -0.2) is 4.68 Å². The standard InChI is InChI=1S/C15H18F3N5OS/c1-2-3-8-12-21-22-14(23(12)19)25-9-13(24)20-11-7-5-4-6-10(11)15(16,17)18/h4-7H,2-3,8-9,19H2,1H3,(H,20,24). The number of aryl methyl sites for hydroxylation is 1. The van der Waals surface area contributed by atoms with Crippen molar-refractivity contribution in [1.29, 1.82) is 0 Å². The molecule has 1 aromatic heterocycles. The van der Waals surface area contributed by atoms with E-state index in [1.54, 1.807) is 0 Å². The Morgan fingerprint density at radius 3 is 2.72 bits per heavy atom. The zero-order chi connectivity index (χ0) is 18.4. The lowest BCUT2D eigenvalue weighted by atomic mass is 10.1. The van der Waals surface area contributed by atoms with Crippen LogP contribution in [0.15, 0.2) is 29.4 Å². The Kier molecular flexibility index (Phi) is 6.29. The summed E-state index contributed by atoms with van der Waals surface area (Å²) in [5, 5.41) is 10.5. The van der Waals surface area contributed by atoms with Gasteiger partial charge < -0.3 is 11.2 Å². The number of amides is 1. The summed E-state index contributed by atoms with van der Waals surface area (Å²) in [5.41, 5.74) is -1.17. The number of thioether (sulfide) groups is 1. The molecular formula is C15H18F3N5OS. The lowest BCUT2D eigenvalue weighted by Gasteiger charge is -2.13. The molecule has 0 fully saturated rings. The van der Waals surface area contributed by atoms with E-state index in [2.05, 4.69) is 15.5 Å². The Balaban J connectivity index is 1.97. The van der Waals surface area contributed by atoms with Gasteiger partial charge in [0.05, 0.1) is 17.0 Å². The quantitative estimate of drug-likeness (QED) is 0.575. The monoisotopic (exact) mass is 373 g/mol. The molecule has 0 unspecified atom stereocenters. The largest absolute Gasteiger partial charge is 0.418 e. The molecule has 1 amide bonds. The molecule has 1 heterocycles. The number of anilines is 1. The first-order chi connectivity index (χ1) is 11.8. The zero-order valence-electron chi connectivity index (χ0n) is 13.5. The van der Waals surface area contributed by atoms with Crippen LogP contribution in [-0.2, 0) is 17.4 Å². The summed E-state index contributed by atoms with van der Waals surface area (Å²) in [6.07, 6.45) is -1.97. The Labute approximate surface area is 147 Å². The number of unbranched alkanes of at least 4 members (excludes halogenated alkanes) is 1. The van der Waals surface area contributed by atoms with E-state index in [4.69, 9.17) is 5.84 Å². The summed E-state index contributed by atoms with van der Waals surface area (Å²) < 4.78 is 40.0. The second-order valence-electron chi connectivity index (χ2n) is 5.25. The van der Waals surface area contributed by atoms with Gasteiger partial charge in [-0.2, -0.15) is 13.2 Å². The van der Waals surface area contributed by atoms with Crippen molar-refractivity contribution in [3.05, 3.63) is 35.7 Å². The van der Waals surface area contributed by atoms with E-state index in [1.807, 2.05) is 6.92 Å². The van der Waals surface area contributed by atoms with Crippen molar-refractivity contribution in [2.45, 2.75) is 37.5 Å². The maximum Gasteiger partial charge on any atom is 0.418 e. The Morgan fingerprint density at radius 2 is 2.04 bits per heavy atom. The van der Waals surface area contributed by atoms with Crippen LogP contribution < -0.4 is 11.2 Å². The minimum atomic E-state index is -4.54. The van der Waals surface area contributed by atoms with Gasteiger partial charge >= 0.3 is 6.18 Å². The Hall–Kier alpha value is -2.23. The molecule has 0 saturated heterocycles. The topological polar surface area (TPSA) is 85.8 Å². The summed E-state index contributed by atoms with van der Waals surface area (Å²) in [6.45, 7) is 2.04. The number of halogens is 3. The molecule has 2 rings (SSSR count). The molecule has 0 aliphatic heterocycles. The number of nitrogens with zero attached hydrogens (tertiary/aromatic N) is 3. The molecule has 0 aliphatic carbocycles. The number of carbonyl (C=O) groups excluding carboxylic acids is 1. The van der Waals surface area contributed by atoms with E-state index in [1.165, 1.54) is 22.9 Å². The van der Waals surface area contributed by atoms with Crippen LogP contribution in [0.2, 0.25) is 0 Å². The van der Waals surface area contributed by atoms with Crippen molar-refractivity contribution in [2.24, 2.45) is 0 Å². The number of nitrogens with one attached hydrogen (secondary N) is 1. The van der Waals surface area contributed by atoms with E-state index in [9.17, 15) is 18.0 Å². The van der Waals surface area contributed by atoms with Gasteiger partial charge in [0.25, 0.3) is 0 Å². The highest BCUT2D eigenvalue weighted by Crippen LogP contribution is 2.34. The maximum atomic E-state index is 12.9. The van der Waals surface area contributed by atoms with Crippen molar-refractivity contribution in [3.8, 4) is 0 Å². The molecule has 0 spiro atoms. The predicted octanol–water partition coefficient (Wildman–Crippen LogP) is 3.08. The Morgan fingerprint density at radius 1 is 1.32 bits per heavy atom. The van der Waals surface area contributed by atoms with Crippen LogP contribution >= 0.6 is 11.8 Å². The van der Waals surface area contributed by atoms with Gasteiger partial charge in [-0.05, 0) is 18.6 Å². The molecule has 0 aliphatic rings. The molecule has 3 N–H and O–H groups in total. The summed E-state index contributed by atoms with van der Waals surface area (Å²) in [6, 6.07) is 4.81. The van der Waals surface area contributed by atoms with Gasteiger partial charge in [0.2, 0.25) is 11.1 Å². The van der Waals surface area contributed by atoms with Crippen molar-refractivity contribution >= 4 is 23.4 Å². The fourth-order valence-electron chi connectivity index (χ4n) is 2.07. The van der Waals surface area contributed by atoms with Crippen LogP contribution in [0, 0.1) is 0 Å². The first kappa shape index (κ1) is 19.1. The summed E-state index contributed by atoms with van der Waals surface area (Å²) in [4.78, 5) is 12.0. The fraction of sp³-hybridized carbons (Fsp3) is 0.400. The van der Waals surface area contributed by atoms with E-state index >= 15 is 0 Å². The van der Waals surface area contributed by atoms with Crippen LogP contribution in [0.1, 0.15) is 31.2 Å². The second-order valence-corrected chi connectivity index (χ2v) is 6.20. The van der Waals surface area contributed by atoms with Gasteiger partial charge in [-0.1, -0.05) is 37.2 Å². The number of aromatic nitrogens is 3. The molecule has 6 nitrogen and oxygen atoms in total. The zero-order valence-corrected chi connectivity index (χ0v) is 14.3. The maximum absolute atomic E-state index is 12.9. The molecule has 136 valence electrons. The van der Waals surface area contributed by atoms with Gasteiger partial charge in [-0.3, -0.25) is 4.79 Å². The molecule has 0 saturated carbocycles. The van der Waals surface area contributed by atoms with Crippen molar-refractivity contribution in [2.75, 3.05) is 16.9 Å². The number of alkyl halides is 3. The fourth-order valence-corrected chi connectivity index (χ4v) is 2.74. The van der Waals surface area contributed by atoms with Crippen LogP contribution in [0.5, 0.6) is 0 Å². The number of rotatable bonds is 7. The van der Waals surface area contributed by atoms with Crippen LogP contribution in [0.3, 0.4) is 0 Å². The van der Waals surface area contributed by atoms with Gasteiger partial charge in [-0.15, -0.1) is 10.2 Å². The summed E-state index contributed by atoms with van der Waals surface area (Å²) >= 11 is 1.01. The molecular weight excluding hydrogens is 355 g/mol. The number of para-hydroxylation sites is 1. The van der Waals surface area contributed by atoms with Crippen molar-refractivity contribution in [3.63, 3.8) is 0 Å². The van der Waals surface area contributed by atoms with Gasteiger partial charge in [0, 0.05) is 6.42 Å². The molecule has 1 aromatic carbocycles. The van der Waals surface area contributed by atoms with Crippen LogP contribution in [-0.4, -0.2) is 26.5 Å². The normalized spacial score (nSPS) is 11.5. The van der Waals surface area contributed by atoms with E-state index < -0.39 is 17.6 Å². The number of hydrogen-bond acceptors (Lipinski definition) is 5. The number of nitrogens with two attached hydrogens (primary N) is 1. The summed E-state index contributed by atoms with van der Waals surface area (Å²) in [5.74, 6) is 5.75. The summed E-state index contributed by atoms with van der Waals surface area (Å²) in [7, 11) is 0. The number of nitrogen functional groups attached to an aromatic ring is 1. The third kappa shape index (κ3) is 5.12. The van der Waals surface area contributed by atoms with E-state index in [-0.39, 0.29) is 11.4 Å². The van der Waals surface area contributed by atoms with E-state index in [0.717, 1.165) is 30.7 Å². The van der Waals surface area contributed by atoms with Gasteiger partial charge in [0.15, 0.2) is 5.82 Å². The first-order valence-electron chi connectivity index (χ1n) is 7.61. The van der Waals surface area contributed by atoms with E-state index in [0.29, 0.717) is 17.4 Å². The predicted molar refractivity (Wildman–Crippen MR) is 89.6 cm³/mol. The number of hydrogen-bond donors (Lipinski definition) is 2. The SMILES string of the molecule is CCCCc1nnc(SCC(=O)Nc2ccccc2C(F)(F)F)n1N. The average molecular weight is 373 g/mol. The third-order valence-corrected chi connectivity index (χ3v) is 4.27. The number of carbonyl (C=O) groups is 1. The Bertz CT molecular complexity index is 732. The highest BCUT2D eigenvalue weighted by atomic mass is 32.2. The van der Waals surface area contributed by atoms with Crippen LogP contribution in [0.25, 0.3) is 0 Å². The molecule has 0 atom stereocenters. The lowest BCUT2D eigenvalue weighted by molar-refractivity contribution is -0.137. The molecule has 25 heavy (non-hydrogen) atoms. The number of benzene rings is 1. The molecule has 0 radical (unpaired) electrons. The van der Waals surface area contributed by atoms with Crippen LogP contribution in [0.4, 0.5) is 18.9 Å². The molecule has 0 bridgehead atoms.